The largest absolute Gasteiger partial charge is 0.386 e. The van der Waals surface area contributed by atoms with Crippen molar-refractivity contribution < 1.29 is 13.9 Å². The number of benzene rings is 2. The molecule has 0 heterocycles. The van der Waals surface area contributed by atoms with Gasteiger partial charge in [-0.05, 0) is 42.5 Å². The minimum absolute atomic E-state index is 0.0487. The summed E-state index contributed by atoms with van der Waals surface area (Å²) in [6.45, 7) is 0.0989. The third-order valence-corrected chi connectivity index (χ3v) is 3.20. The molecular formula is C16H18F2N2O. The van der Waals surface area contributed by atoms with Crippen LogP contribution in [0.15, 0.2) is 42.5 Å². The number of nitrogens with one attached hydrogen (secondary N) is 1. The first-order valence-electron chi connectivity index (χ1n) is 6.61. The van der Waals surface area contributed by atoms with Gasteiger partial charge in [0.25, 0.3) is 0 Å². The fourth-order valence-electron chi connectivity index (χ4n) is 1.97. The van der Waals surface area contributed by atoms with Crippen LogP contribution in [0.25, 0.3) is 0 Å². The van der Waals surface area contributed by atoms with Gasteiger partial charge in [-0.1, -0.05) is 0 Å². The van der Waals surface area contributed by atoms with Crippen molar-refractivity contribution in [2.75, 3.05) is 30.9 Å². The number of nitrogens with zero attached hydrogens (tertiary/aromatic N) is 1. The lowest BCUT2D eigenvalue weighted by Crippen LogP contribution is -2.14. The van der Waals surface area contributed by atoms with Crippen molar-refractivity contribution in [3.8, 4) is 0 Å². The first kappa shape index (κ1) is 15.3. The lowest BCUT2D eigenvalue weighted by Gasteiger charge is -2.16. The molecule has 0 bridgehead atoms. The highest BCUT2D eigenvalue weighted by molar-refractivity contribution is 5.54. The molecule has 1 atom stereocenters. The normalized spacial score (nSPS) is 12.0. The molecule has 0 saturated heterocycles. The molecular weight excluding hydrogens is 274 g/mol. The molecule has 0 saturated carbocycles. The molecule has 0 aromatic heterocycles. The Balaban J connectivity index is 2.00. The van der Waals surface area contributed by atoms with E-state index in [9.17, 15) is 13.9 Å². The van der Waals surface area contributed by atoms with Gasteiger partial charge in [-0.2, -0.15) is 0 Å². The minimum atomic E-state index is -1.12. The predicted molar refractivity (Wildman–Crippen MR) is 80.6 cm³/mol. The molecule has 0 aliphatic heterocycles. The zero-order valence-electron chi connectivity index (χ0n) is 12.0. The van der Waals surface area contributed by atoms with E-state index in [1.807, 2.05) is 43.3 Å². The summed E-state index contributed by atoms with van der Waals surface area (Å²) >= 11 is 0. The van der Waals surface area contributed by atoms with Crippen molar-refractivity contribution in [3.05, 3.63) is 59.7 Å². The third kappa shape index (κ3) is 3.92. The Hall–Kier alpha value is -2.14. The van der Waals surface area contributed by atoms with Gasteiger partial charge in [0.2, 0.25) is 0 Å². The zero-order valence-corrected chi connectivity index (χ0v) is 12.0. The maximum Gasteiger partial charge on any atom is 0.129 e. The average Bonchev–Trinajstić information content (AvgIpc) is 2.47. The van der Waals surface area contributed by atoms with E-state index in [2.05, 4.69) is 5.32 Å². The van der Waals surface area contributed by atoms with Crippen molar-refractivity contribution in [2.45, 2.75) is 6.10 Å². The number of hydrogen-bond acceptors (Lipinski definition) is 3. The van der Waals surface area contributed by atoms with Gasteiger partial charge in [0.05, 0.1) is 6.10 Å². The molecule has 2 aromatic rings. The summed E-state index contributed by atoms with van der Waals surface area (Å²) in [4.78, 5) is 1.97. The topological polar surface area (TPSA) is 35.5 Å². The highest BCUT2D eigenvalue weighted by Gasteiger charge is 2.13. The van der Waals surface area contributed by atoms with Crippen molar-refractivity contribution >= 4 is 11.4 Å². The van der Waals surface area contributed by atoms with Gasteiger partial charge < -0.3 is 15.3 Å². The lowest BCUT2D eigenvalue weighted by atomic mass is 10.1. The third-order valence-electron chi connectivity index (χ3n) is 3.20. The Kier molecular flexibility index (Phi) is 4.75. The first-order valence-corrected chi connectivity index (χ1v) is 6.61. The molecule has 5 heteroatoms. The molecule has 0 amide bonds. The van der Waals surface area contributed by atoms with E-state index in [0.29, 0.717) is 0 Å². The fourth-order valence-corrected chi connectivity index (χ4v) is 1.97. The number of halogens is 2. The summed E-state index contributed by atoms with van der Waals surface area (Å²) in [6, 6.07) is 10.6. The number of aliphatic hydroxyl groups is 1. The van der Waals surface area contributed by atoms with E-state index >= 15 is 0 Å². The Morgan fingerprint density at radius 1 is 1.10 bits per heavy atom. The van der Waals surface area contributed by atoms with Crippen LogP contribution in [0.1, 0.15) is 11.7 Å². The number of anilines is 2. The van der Waals surface area contributed by atoms with Crippen molar-refractivity contribution in [1.82, 2.24) is 0 Å². The second-order valence-corrected chi connectivity index (χ2v) is 5.00. The van der Waals surface area contributed by atoms with Gasteiger partial charge in [-0.15, -0.1) is 0 Å². The SMILES string of the molecule is CN(C)c1ccc(NCC(O)c2cc(F)ccc2F)cc1. The minimum Gasteiger partial charge on any atom is -0.386 e. The smallest absolute Gasteiger partial charge is 0.129 e. The van der Waals surface area contributed by atoms with E-state index in [4.69, 9.17) is 0 Å². The van der Waals surface area contributed by atoms with E-state index < -0.39 is 17.7 Å². The van der Waals surface area contributed by atoms with E-state index in [1.165, 1.54) is 0 Å². The fraction of sp³-hybridized carbons (Fsp3) is 0.250. The van der Waals surface area contributed by atoms with E-state index in [-0.39, 0.29) is 12.1 Å². The Bertz CT molecular complexity index is 600. The van der Waals surface area contributed by atoms with Gasteiger partial charge in [0, 0.05) is 37.6 Å². The lowest BCUT2D eigenvalue weighted by molar-refractivity contribution is 0.186. The second-order valence-electron chi connectivity index (χ2n) is 5.00. The molecule has 0 fully saturated rings. The summed E-state index contributed by atoms with van der Waals surface area (Å²) in [6.07, 6.45) is -1.12. The van der Waals surface area contributed by atoms with Crippen LogP contribution in [0.2, 0.25) is 0 Å². The molecule has 1 unspecified atom stereocenters. The summed E-state index contributed by atoms with van der Waals surface area (Å²) in [7, 11) is 3.89. The van der Waals surface area contributed by atoms with Crippen LogP contribution in [-0.2, 0) is 0 Å². The number of aliphatic hydroxyl groups excluding tert-OH is 1. The van der Waals surface area contributed by atoms with Crippen LogP contribution in [0, 0.1) is 11.6 Å². The highest BCUT2D eigenvalue weighted by Crippen LogP contribution is 2.20. The number of hydrogen-bond donors (Lipinski definition) is 2. The van der Waals surface area contributed by atoms with Crippen LogP contribution >= 0.6 is 0 Å². The molecule has 21 heavy (non-hydrogen) atoms. The van der Waals surface area contributed by atoms with Crippen LogP contribution in [0.3, 0.4) is 0 Å². The molecule has 3 nitrogen and oxygen atoms in total. The molecule has 0 aliphatic rings. The first-order chi connectivity index (χ1) is 9.97. The quantitative estimate of drug-likeness (QED) is 0.888. The zero-order chi connectivity index (χ0) is 15.4. The monoisotopic (exact) mass is 292 g/mol. The van der Waals surface area contributed by atoms with Crippen molar-refractivity contribution in [3.63, 3.8) is 0 Å². The summed E-state index contributed by atoms with van der Waals surface area (Å²) in [5.74, 6) is -1.19. The van der Waals surface area contributed by atoms with Gasteiger partial charge in [0.1, 0.15) is 11.6 Å². The summed E-state index contributed by atoms with van der Waals surface area (Å²) in [5.41, 5.74) is 1.81. The van der Waals surface area contributed by atoms with Crippen LogP contribution in [0.4, 0.5) is 20.2 Å². The van der Waals surface area contributed by atoms with Crippen LogP contribution in [0.5, 0.6) is 0 Å². The second kappa shape index (κ2) is 6.54. The Labute approximate surface area is 122 Å². The van der Waals surface area contributed by atoms with E-state index in [0.717, 1.165) is 29.6 Å². The maximum atomic E-state index is 13.5. The summed E-state index contributed by atoms with van der Waals surface area (Å²) < 4.78 is 26.6. The molecule has 0 spiro atoms. The maximum absolute atomic E-state index is 13.5. The van der Waals surface area contributed by atoms with Crippen LogP contribution in [-0.4, -0.2) is 25.7 Å². The van der Waals surface area contributed by atoms with Crippen molar-refractivity contribution in [2.24, 2.45) is 0 Å². The van der Waals surface area contributed by atoms with Gasteiger partial charge >= 0.3 is 0 Å². The summed E-state index contributed by atoms with van der Waals surface area (Å²) in [5, 5.41) is 13.0. The molecule has 0 radical (unpaired) electrons. The van der Waals surface area contributed by atoms with Gasteiger partial charge in [0.15, 0.2) is 0 Å². The van der Waals surface area contributed by atoms with Gasteiger partial charge in [-0.3, -0.25) is 0 Å². The molecule has 2 rings (SSSR count). The number of rotatable bonds is 5. The highest BCUT2D eigenvalue weighted by atomic mass is 19.1. The van der Waals surface area contributed by atoms with Gasteiger partial charge in [-0.25, -0.2) is 8.78 Å². The van der Waals surface area contributed by atoms with Crippen LogP contribution < -0.4 is 10.2 Å². The predicted octanol–water partition coefficient (Wildman–Crippen LogP) is 3.18. The van der Waals surface area contributed by atoms with E-state index in [1.54, 1.807) is 0 Å². The van der Waals surface area contributed by atoms with Crippen molar-refractivity contribution in [1.29, 1.82) is 0 Å². The molecule has 0 aliphatic carbocycles. The molecule has 2 N–H and O–H groups in total. The standard InChI is InChI=1S/C16H18F2N2O/c1-20(2)13-6-4-12(5-7-13)19-10-16(21)14-9-11(17)3-8-15(14)18/h3-9,16,19,21H,10H2,1-2H3. The Morgan fingerprint density at radius 3 is 2.38 bits per heavy atom. The average molecular weight is 292 g/mol. The molecule has 112 valence electrons. The Morgan fingerprint density at radius 2 is 1.76 bits per heavy atom. The molecule has 2 aromatic carbocycles.